The maximum Gasteiger partial charge on any atom is 0.307 e. The van der Waals surface area contributed by atoms with Crippen LogP contribution in [0.15, 0.2) is 4.79 Å². The van der Waals surface area contributed by atoms with E-state index in [-0.39, 0.29) is 12.0 Å². The van der Waals surface area contributed by atoms with Crippen molar-refractivity contribution >= 4 is 45.2 Å². The number of carbonyl (C=O) groups excluding carboxylic acids is 2. The van der Waals surface area contributed by atoms with Crippen LogP contribution in [0.1, 0.15) is 36.0 Å². The molecule has 0 saturated carbocycles. The lowest BCUT2D eigenvalue weighted by atomic mass is 10.2. The minimum atomic E-state index is -0.918. The fourth-order valence-corrected chi connectivity index (χ4v) is 4.82. The Morgan fingerprint density at radius 3 is 3.00 bits per heavy atom. The van der Waals surface area contributed by atoms with E-state index in [9.17, 15) is 14.4 Å². The number of hydrogen-bond acceptors (Lipinski definition) is 7. The van der Waals surface area contributed by atoms with Crippen molar-refractivity contribution in [2.24, 2.45) is 5.73 Å². The van der Waals surface area contributed by atoms with Gasteiger partial charge in [0.2, 0.25) is 0 Å². The lowest BCUT2D eigenvalue weighted by Gasteiger charge is -2.09. The monoisotopic (exact) mass is 381 g/mol. The van der Waals surface area contributed by atoms with Gasteiger partial charge in [-0.1, -0.05) is 0 Å². The fourth-order valence-electron chi connectivity index (χ4n) is 2.75. The molecular weight excluding hydrogens is 362 g/mol. The van der Waals surface area contributed by atoms with E-state index >= 15 is 0 Å². The quantitative estimate of drug-likeness (QED) is 0.555. The third kappa shape index (κ3) is 4.04. The number of aromatic amines is 1. The number of rotatable bonds is 7. The lowest BCUT2D eigenvalue weighted by Crippen LogP contribution is -2.30. The molecule has 134 valence electrons. The Morgan fingerprint density at radius 1 is 1.44 bits per heavy atom. The van der Waals surface area contributed by atoms with E-state index in [1.807, 2.05) is 0 Å². The number of thiophene rings is 1. The Hall–Kier alpha value is -1.87. The molecule has 0 saturated heterocycles. The normalized spacial score (nSPS) is 14.4. The van der Waals surface area contributed by atoms with Crippen molar-refractivity contribution in [3.05, 3.63) is 26.6 Å². The zero-order valence-electron chi connectivity index (χ0n) is 13.8. The second-order valence-corrected chi connectivity index (χ2v) is 8.08. The molecule has 25 heavy (non-hydrogen) atoms. The van der Waals surface area contributed by atoms with E-state index in [2.05, 4.69) is 9.97 Å². The summed E-state index contributed by atoms with van der Waals surface area (Å²) >= 11 is 3.08. The Bertz CT molecular complexity index is 874. The van der Waals surface area contributed by atoms with Gasteiger partial charge in [0.15, 0.2) is 6.10 Å². The maximum absolute atomic E-state index is 12.3. The summed E-state index contributed by atoms with van der Waals surface area (Å²) in [6.45, 7) is 1.44. The van der Waals surface area contributed by atoms with Crippen molar-refractivity contribution in [3.8, 4) is 0 Å². The molecule has 0 fully saturated rings. The molecule has 0 spiro atoms. The number of hydrogen-bond donors (Lipinski definition) is 2. The molecule has 0 unspecified atom stereocenters. The zero-order valence-corrected chi connectivity index (χ0v) is 15.4. The molecule has 0 radical (unpaired) electrons. The van der Waals surface area contributed by atoms with Gasteiger partial charge in [0.1, 0.15) is 10.7 Å². The maximum atomic E-state index is 12.3. The molecule has 3 rings (SSSR count). The standard InChI is InChI=1S/C16H19N3O4S2/c1-8(14(17)21)23-12(20)5-6-24-7-11-18-15(22)13-9-3-2-4-10(9)25-16(13)19-11/h8H,2-7H2,1H3,(H2,17,21)(H,18,19,22)/t8-/m1/s1. The average molecular weight is 381 g/mol. The number of esters is 1. The van der Waals surface area contributed by atoms with E-state index in [4.69, 9.17) is 10.5 Å². The van der Waals surface area contributed by atoms with Gasteiger partial charge in [0.25, 0.3) is 11.5 Å². The SMILES string of the molecule is C[C@@H](OC(=O)CCSCc1nc2sc3c(c2c(=O)[nH]1)CCC3)C(N)=O. The topological polar surface area (TPSA) is 115 Å². The highest BCUT2D eigenvalue weighted by Gasteiger charge is 2.21. The largest absolute Gasteiger partial charge is 0.453 e. The number of H-pyrrole nitrogens is 1. The van der Waals surface area contributed by atoms with Crippen LogP contribution in [0.3, 0.4) is 0 Å². The molecule has 0 aromatic carbocycles. The Balaban J connectivity index is 1.55. The Labute approximate surface area is 152 Å². The third-order valence-corrected chi connectivity index (χ3v) is 6.18. The van der Waals surface area contributed by atoms with Gasteiger partial charge in [-0.2, -0.15) is 11.8 Å². The molecular formula is C16H19N3O4S2. The number of aromatic nitrogens is 2. The van der Waals surface area contributed by atoms with E-state index in [0.29, 0.717) is 17.3 Å². The van der Waals surface area contributed by atoms with Gasteiger partial charge in [-0.15, -0.1) is 11.3 Å². The first-order valence-corrected chi connectivity index (χ1v) is 10.0. The van der Waals surface area contributed by atoms with Crippen molar-refractivity contribution < 1.29 is 14.3 Å². The predicted octanol–water partition coefficient (Wildman–Crippen LogP) is 1.51. The van der Waals surface area contributed by atoms with Crippen LogP contribution in [0.25, 0.3) is 10.2 Å². The van der Waals surface area contributed by atoms with Crippen molar-refractivity contribution in [1.29, 1.82) is 0 Å². The summed E-state index contributed by atoms with van der Waals surface area (Å²) in [5.41, 5.74) is 6.13. The minimum Gasteiger partial charge on any atom is -0.453 e. The van der Waals surface area contributed by atoms with Gasteiger partial charge in [0, 0.05) is 10.6 Å². The van der Waals surface area contributed by atoms with Crippen LogP contribution in [0.4, 0.5) is 0 Å². The zero-order chi connectivity index (χ0) is 18.0. The van der Waals surface area contributed by atoms with Gasteiger partial charge in [-0.05, 0) is 31.7 Å². The number of fused-ring (bicyclic) bond motifs is 3. The molecule has 1 aliphatic carbocycles. The van der Waals surface area contributed by atoms with Crippen molar-refractivity contribution in [2.75, 3.05) is 5.75 Å². The number of carbonyl (C=O) groups is 2. The molecule has 9 heteroatoms. The first kappa shape index (κ1) is 17.9. The molecule has 2 aromatic rings. The lowest BCUT2D eigenvalue weighted by molar-refractivity contribution is -0.153. The molecule has 7 nitrogen and oxygen atoms in total. The summed E-state index contributed by atoms with van der Waals surface area (Å²) in [6.07, 6.45) is 2.35. The Morgan fingerprint density at radius 2 is 2.24 bits per heavy atom. The van der Waals surface area contributed by atoms with E-state index < -0.39 is 18.0 Å². The minimum absolute atomic E-state index is 0.0744. The molecule has 0 bridgehead atoms. The fraction of sp³-hybridized carbons (Fsp3) is 0.500. The van der Waals surface area contributed by atoms with E-state index in [1.54, 1.807) is 11.3 Å². The van der Waals surface area contributed by atoms with E-state index in [1.165, 1.54) is 29.1 Å². The summed E-state index contributed by atoms with van der Waals surface area (Å²) < 4.78 is 4.88. The summed E-state index contributed by atoms with van der Waals surface area (Å²) in [5.74, 6) is 0.491. The van der Waals surface area contributed by atoms with Crippen LogP contribution >= 0.6 is 23.1 Å². The highest BCUT2D eigenvalue weighted by atomic mass is 32.2. The Kier molecular flexibility index (Phi) is 5.43. The van der Waals surface area contributed by atoms with Crippen LogP contribution in [0.2, 0.25) is 0 Å². The van der Waals surface area contributed by atoms with Crippen molar-refractivity contribution in [2.45, 2.75) is 44.5 Å². The van der Waals surface area contributed by atoms with Gasteiger partial charge in [-0.25, -0.2) is 4.98 Å². The first-order valence-electron chi connectivity index (χ1n) is 8.05. The van der Waals surface area contributed by atoms with Crippen molar-refractivity contribution in [3.63, 3.8) is 0 Å². The highest BCUT2D eigenvalue weighted by Crippen LogP contribution is 2.34. The highest BCUT2D eigenvalue weighted by molar-refractivity contribution is 7.98. The van der Waals surface area contributed by atoms with Crippen LogP contribution in [-0.4, -0.2) is 33.7 Å². The van der Waals surface area contributed by atoms with Crippen LogP contribution < -0.4 is 11.3 Å². The summed E-state index contributed by atoms with van der Waals surface area (Å²) in [5, 5.41) is 0.746. The number of thioether (sulfide) groups is 1. The smallest absolute Gasteiger partial charge is 0.307 e. The molecule has 2 heterocycles. The van der Waals surface area contributed by atoms with Gasteiger partial charge < -0.3 is 15.5 Å². The molecule has 0 aliphatic heterocycles. The second-order valence-electron chi connectivity index (χ2n) is 5.89. The van der Waals surface area contributed by atoms with Gasteiger partial charge in [0.05, 0.1) is 17.6 Å². The average Bonchev–Trinajstić information content (AvgIpc) is 3.11. The number of nitrogens with zero attached hydrogens (tertiary/aromatic N) is 1. The number of primary amides is 1. The molecule has 1 amide bonds. The molecule has 2 aromatic heterocycles. The second kappa shape index (κ2) is 7.57. The third-order valence-electron chi connectivity index (χ3n) is 4.02. The number of amides is 1. The van der Waals surface area contributed by atoms with E-state index in [0.717, 1.165) is 29.5 Å². The summed E-state index contributed by atoms with van der Waals surface area (Å²) in [6, 6.07) is 0. The first-order chi connectivity index (χ1) is 12.0. The number of nitrogens with one attached hydrogen (secondary N) is 1. The summed E-state index contributed by atoms with van der Waals surface area (Å²) in [7, 11) is 0. The van der Waals surface area contributed by atoms with Crippen LogP contribution in [0, 0.1) is 0 Å². The van der Waals surface area contributed by atoms with Crippen LogP contribution in [0.5, 0.6) is 0 Å². The van der Waals surface area contributed by atoms with Crippen molar-refractivity contribution in [1.82, 2.24) is 9.97 Å². The molecule has 3 N–H and O–H groups in total. The molecule has 1 aliphatic rings. The molecule has 1 atom stereocenters. The van der Waals surface area contributed by atoms with Crippen LogP contribution in [-0.2, 0) is 32.9 Å². The van der Waals surface area contributed by atoms with Gasteiger partial charge >= 0.3 is 5.97 Å². The van der Waals surface area contributed by atoms with Gasteiger partial charge in [-0.3, -0.25) is 14.4 Å². The number of aryl methyl sites for hydroxylation is 2. The predicted molar refractivity (Wildman–Crippen MR) is 97.8 cm³/mol. The summed E-state index contributed by atoms with van der Waals surface area (Å²) in [4.78, 5) is 44.2. The number of ether oxygens (including phenoxy) is 1. The number of nitrogens with two attached hydrogens (primary N) is 1.